The zero-order chi connectivity index (χ0) is 19.7. The van der Waals surface area contributed by atoms with Crippen molar-refractivity contribution >= 4 is 16.8 Å². The van der Waals surface area contributed by atoms with Crippen molar-refractivity contribution in [3.05, 3.63) is 59.5 Å². The lowest BCUT2D eigenvalue weighted by molar-refractivity contribution is -0.0000146. The van der Waals surface area contributed by atoms with Gasteiger partial charge in [-0.15, -0.1) is 0 Å². The average molecular weight is 417 g/mol. The molecular formula is C22H26ClFN4O. The first-order valence-corrected chi connectivity index (χ1v) is 9.65. The van der Waals surface area contributed by atoms with Gasteiger partial charge in [-0.25, -0.2) is 4.39 Å². The zero-order valence-electron chi connectivity index (χ0n) is 17.3. The van der Waals surface area contributed by atoms with Crippen LogP contribution in [0.2, 0.25) is 0 Å². The molecule has 1 aromatic heterocycles. The van der Waals surface area contributed by atoms with E-state index < -0.39 is 0 Å². The van der Waals surface area contributed by atoms with Crippen molar-refractivity contribution in [2.45, 2.75) is 19.4 Å². The molecule has 0 spiro atoms. The van der Waals surface area contributed by atoms with Gasteiger partial charge in [-0.1, -0.05) is 24.3 Å². The number of benzene rings is 2. The van der Waals surface area contributed by atoms with Crippen molar-refractivity contribution in [3.63, 3.8) is 0 Å². The summed E-state index contributed by atoms with van der Waals surface area (Å²) in [4.78, 5) is 16.0. The van der Waals surface area contributed by atoms with Gasteiger partial charge in [-0.2, -0.15) is 0 Å². The molecule has 0 saturated carbocycles. The Labute approximate surface area is 177 Å². The van der Waals surface area contributed by atoms with E-state index in [1.165, 1.54) is 12.1 Å². The van der Waals surface area contributed by atoms with Gasteiger partial charge in [0.05, 0.1) is 0 Å². The van der Waals surface area contributed by atoms with Gasteiger partial charge in [0, 0.05) is 23.5 Å². The molecule has 1 amide bonds. The largest absolute Gasteiger partial charge is 1.00 e. The van der Waals surface area contributed by atoms with Crippen LogP contribution in [0.4, 0.5) is 4.39 Å². The number of nitrogens with one attached hydrogen (secondary N) is 3. The van der Waals surface area contributed by atoms with Crippen LogP contribution in [0.1, 0.15) is 23.9 Å². The number of hydrogen-bond acceptors (Lipinski definition) is 3. The summed E-state index contributed by atoms with van der Waals surface area (Å²) in [7, 11) is 0. The first-order chi connectivity index (χ1) is 13.5. The highest BCUT2D eigenvalue weighted by atomic mass is 35.5. The molecule has 1 aliphatic heterocycles. The topological polar surface area (TPSA) is 82.9 Å². The molecule has 1 aliphatic rings. The number of amides is 1. The molecule has 7 heteroatoms. The Morgan fingerprint density at radius 3 is 2.66 bits per heavy atom. The van der Waals surface area contributed by atoms with Gasteiger partial charge < -0.3 is 33.8 Å². The summed E-state index contributed by atoms with van der Waals surface area (Å²) in [6.07, 6.45) is 0.990. The molecule has 2 atom stereocenters. The number of aromatic amines is 1. The molecule has 1 saturated heterocycles. The molecule has 0 aliphatic carbocycles. The summed E-state index contributed by atoms with van der Waals surface area (Å²) in [5, 5.41) is 7.44. The van der Waals surface area contributed by atoms with E-state index in [0.717, 1.165) is 40.6 Å². The number of aryl methyl sites for hydroxylation is 1. The number of carbonyl (C=O) groups excluding carboxylic acids is 1. The molecule has 154 valence electrons. The molecule has 0 radical (unpaired) electrons. The van der Waals surface area contributed by atoms with Gasteiger partial charge in [0.1, 0.15) is 11.5 Å². The number of aromatic nitrogens is 1. The summed E-state index contributed by atoms with van der Waals surface area (Å²) in [5.41, 5.74) is 10.0. The third-order valence-electron chi connectivity index (χ3n) is 5.62. The summed E-state index contributed by atoms with van der Waals surface area (Å²) in [6, 6.07) is 12.7. The number of halogens is 2. The number of rotatable bonds is 5. The van der Waals surface area contributed by atoms with Crippen LogP contribution in [0.25, 0.3) is 22.0 Å². The van der Waals surface area contributed by atoms with Gasteiger partial charge in [0.25, 0.3) is 5.91 Å². The quantitative estimate of drug-likeness (QED) is 0.475. The number of fused-ring (bicyclic) bond motifs is 1. The first kappa shape index (κ1) is 21.3. The fourth-order valence-corrected chi connectivity index (χ4v) is 3.93. The smallest absolute Gasteiger partial charge is 1.00 e. The number of hydrogen-bond donors (Lipinski definition) is 4. The normalized spacial score (nSPS) is 18.6. The fourth-order valence-electron chi connectivity index (χ4n) is 3.93. The van der Waals surface area contributed by atoms with Gasteiger partial charge in [0.2, 0.25) is 0 Å². The zero-order valence-corrected chi connectivity index (χ0v) is 17.0. The molecule has 4 rings (SSSR count). The number of nitrogens with two attached hydrogens (primary N) is 1. The Hall–Kier alpha value is -2.41. The fraction of sp³-hybridized carbons (Fsp3) is 0.318. The van der Waals surface area contributed by atoms with Gasteiger partial charge in [-0.05, 0) is 67.2 Å². The maximum absolute atomic E-state index is 13.2. The van der Waals surface area contributed by atoms with E-state index in [1.54, 1.807) is 12.1 Å². The second-order valence-electron chi connectivity index (χ2n) is 7.54. The molecule has 0 bridgehead atoms. The highest BCUT2D eigenvalue weighted by molar-refractivity contribution is 6.01. The maximum atomic E-state index is 13.2. The molecule has 2 aromatic carbocycles. The van der Waals surface area contributed by atoms with Gasteiger partial charge in [0.15, 0.2) is 0 Å². The van der Waals surface area contributed by atoms with Crippen LogP contribution >= 0.6 is 0 Å². The highest BCUT2D eigenvalue weighted by Gasteiger charge is 2.24. The molecule has 5 nitrogen and oxygen atoms in total. The van der Waals surface area contributed by atoms with Gasteiger partial charge >= 0.3 is 1.43 Å². The van der Waals surface area contributed by atoms with Crippen molar-refractivity contribution in [2.24, 2.45) is 11.7 Å². The van der Waals surface area contributed by atoms with Gasteiger partial charge in [-0.3, -0.25) is 4.79 Å². The van der Waals surface area contributed by atoms with E-state index in [9.17, 15) is 9.18 Å². The predicted octanol–water partition coefficient (Wildman–Crippen LogP) is 0.0655. The third kappa shape index (κ3) is 4.45. The Kier molecular flexibility index (Phi) is 6.57. The maximum Gasteiger partial charge on any atom is 1.00 e. The molecule has 2 heterocycles. The van der Waals surface area contributed by atoms with Crippen molar-refractivity contribution in [1.29, 1.82) is 0 Å². The highest BCUT2D eigenvalue weighted by Crippen LogP contribution is 2.28. The van der Waals surface area contributed by atoms with E-state index in [-0.39, 0.29) is 31.6 Å². The molecule has 5 N–H and O–H groups in total. The van der Waals surface area contributed by atoms with Crippen LogP contribution in [0, 0.1) is 18.7 Å². The van der Waals surface area contributed by atoms with E-state index in [4.69, 9.17) is 5.73 Å². The number of carbonyl (C=O) groups is 1. The summed E-state index contributed by atoms with van der Waals surface area (Å²) in [6.45, 7) is 4.12. The number of H-pyrrole nitrogens is 1. The Balaban J connectivity index is 0.00000160. The van der Waals surface area contributed by atoms with Crippen LogP contribution in [-0.2, 0) is 0 Å². The summed E-state index contributed by atoms with van der Waals surface area (Å²) < 4.78 is 13.2. The van der Waals surface area contributed by atoms with E-state index in [0.29, 0.717) is 24.7 Å². The Morgan fingerprint density at radius 2 is 1.97 bits per heavy atom. The lowest BCUT2D eigenvalue weighted by Crippen LogP contribution is -3.00. The van der Waals surface area contributed by atoms with E-state index >= 15 is 0 Å². The predicted molar refractivity (Wildman–Crippen MR) is 111 cm³/mol. The second-order valence-corrected chi connectivity index (χ2v) is 7.54. The summed E-state index contributed by atoms with van der Waals surface area (Å²) in [5.74, 6) is 0.130. The van der Waals surface area contributed by atoms with Crippen molar-refractivity contribution in [3.8, 4) is 11.1 Å². The van der Waals surface area contributed by atoms with Crippen molar-refractivity contribution in [1.82, 2.24) is 15.6 Å². The van der Waals surface area contributed by atoms with E-state index in [1.807, 2.05) is 25.1 Å². The molecule has 1 fully saturated rings. The van der Waals surface area contributed by atoms with Crippen LogP contribution in [0.5, 0.6) is 0 Å². The Morgan fingerprint density at radius 1 is 1.24 bits per heavy atom. The average Bonchev–Trinajstić information content (AvgIpc) is 3.31. The van der Waals surface area contributed by atoms with Crippen LogP contribution in [-0.4, -0.2) is 36.6 Å². The molecule has 0 unspecified atom stereocenters. The second kappa shape index (κ2) is 8.95. The SMILES string of the molecule is Cc1c(C(=O)NC[C@@H]2C[C@H](CN)CN2)[nH]c2cc(-c3ccc(F)cc3)ccc12.[Cl-].[H+]. The first-order valence-electron chi connectivity index (χ1n) is 9.65. The lowest BCUT2D eigenvalue weighted by Gasteiger charge is -2.11. The van der Waals surface area contributed by atoms with Crippen LogP contribution in [0.15, 0.2) is 42.5 Å². The van der Waals surface area contributed by atoms with Crippen LogP contribution < -0.4 is 28.8 Å². The van der Waals surface area contributed by atoms with Crippen molar-refractivity contribution in [2.75, 3.05) is 19.6 Å². The van der Waals surface area contributed by atoms with E-state index in [2.05, 4.69) is 15.6 Å². The Bertz CT molecular complexity index is 1010. The van der Waals surface area contributed by atoms with Crippen LogP contribution in [0.3, 0.4) is 0 Å². The lowest BCUT2D eigenvalue weighted by atomic mass is 10.0. The molecule has 29 heavy (non-hydrogen) atoms. The minimum atomic E-state index is -0.256. The summed E-state index contributed by atoms with van der Waals surface area (Å²) >= 11 is 0. The third-order valence-corrected chi connectivity index (χ3v) is 5.62. The molecular weight excluding hydrogens is 391 g/mol. The molecule has 3 aromatic rings. The standard InChI is InChI=1S/C22H25FN4O.ClH/c1-13-19-7-4-16(15-2-5-17(23)6-3-15)9-20(19)27-21(13)22(28)26-12-18-8-14(10-24)11-25-18;/h2-7,9,14,18,25,27H,8,10-12,24H2,1H3,(H,26,28);1H/t14-,18+;/m1./s1. The minimum Gasteiger partial charge on any atom is -1.00 e. The monoisotopic (exact) mass is 416 g/mol. The minimum absolute atomic E-state index is 0. The van der Waals surface area contributed by atoms with Crippen molar-refractivity contribution < 1.29 is 23.0 Å².